The van der Waals surface area contributed by atoms with Gasteiger partial charge in [-0.3, -0.25) is 9.79 Å². The van der Waals surface area contributed by atoms with Crippen LogP contribution in [0, 0.1) is 5.41 Å². The first kappa shape index (κ1) is 21.0. The van der Waals surface area contributed by atoms with Crippen molar-refractivity contribution >= 4 is 35.8 Å². The quantitative estimate of drug-likeness (QED) is 0.395. The van der Waals surface area contributed by atoms with Crippen LogP contribution in [-0.4, -0.2) is 50.5 Å². The molecule has 1 aromatic carbocycles. The number of hydrogen-bond acceptors (Lipinski definition) is 2. The van der Waals surface area contributed by atoms with Crippen molar-refractivity contribution in [3.63, 3.8) is 0 Å². The van der Waals surface area contributed by atoms with Gasteiger partial charge in [-0.25, -0.2) is 0 Å². The van der Waals surface area contributed by atoms with Gasteiger partial charge in [-0.05, 0) is 24.8 Å². The summed E-state index contributed by atoms with van der Waals surface area (Å²) in [6.07, 6.45) is 5.32. The summed E-state index contributed by atoms with van der Waals surface area (Å²) in [5.74, 6) is 1.60. The van der Waals surface area contributed by atoms with E-state index in [1.54, 1.807) is 11.9 Å². The van der Waals surface area contributed by atoms with Crippen LogP contribution in [0.4, 0.5) is 0 Å². The minimum absolute atomic E-state index is 0. The molecular weight excluding hydrogens is 439 g/mol. The topological polar surface area (TPSA) is 56.7 Å². The van der Waals surface area contributed by atoms with Crippen molar-refractivity contribution in [2.45, 2.75) is 44.1 Å². The smallest absolute Gasteiger partial charge is 0.230 e. The Labute approximate surface area is 174 Å². The summed E-state index contributed by atoms with van der Waals surface area (Å²) in [5.41, 5.74) is 1.11. The molecule has 1 amide bonds. The second kappa shape index (κ2) is 9.06. The lowest BCUT2D eigenvalue weighted by Crippen LogP contribution is -2.49. The molecule has 1 aromatic rings. The van der Waals surface area contributed by atoms with Gasteiger partial charge in [0, 0.05) is 39.6 Å². The van der Waals surface area contributed by atoms with Crippen LogP contribution < -0.4 is 10.6 Å². The Balaban J connectivity index is 0.00000243. The van der Waals surface area contributed by atoms with Crippen molar-refractivity contribution in [1.82, 2.24) is 15.5 Å². The number of halogens is 1. The number of aliphatic imine (C=N–C) groups is 1. The highest BCUT2D eigenvalue weighted by Crippen LogP contribution is 2.41. The highest BCUT2D eigenvalue weighted by Gasteiger charge is 2.43. The summed E-state index contributed by atoms with van der Waals surface area (Å²) in [4.78, 5) is 18.8. The van der Waals surface area contributed by atoms with E-state index in [4.69, 9.17) is 0 Å². The number of nitrogens with zero attached hydrogens (tertiary/aromatic N) is 2. The van der Waals surface area contributed by atoms with E-state index in [2.05, 4.69) is 46.0 Å². The molecule has 0 spiro atoms. The zero-order valence-electron chi connectivity index (χ0n) is 16.0. The summed E-state index contributed by atoms with van der Waals surface area (Å²) in [6, 6.07) is 11.0. The number of carbonyl (C=O) groups is 1. The van der Waals surface area contributed by atoms with Gasteiger partial charge in [0.2, 0.25) is 5.91 Å². The molecule has 26 heavy (non-hydrogen) atoms. The minimum atomic E-state index is -0.274. The van der Waals surface area contributed by atoms with Gasteiger partial charge in [0.25, 0.3) is 0 Å². The molecule has 0 saturated heterocycles. The molecule has 0 heterocycles. The van der Waals surface area contributed by atoms with Crippen LogP contribution in [0.15, 0.2) is 35.3 Å². The highest BCUT2D eigenvalue weighted by atomic mass is 127. The average molecular weight is 470 g/mol. The third kappa shape index (κ3) is 4.69. The molecule has 6 heteroatoms. The normalized spacial score (nSPS) is 23.7. The van der Waals surface area contributed by atoms with Crippen molar-refractivity contribution in [1.29, 1.82) is 0 Å². The molecule has 144 valence electrons. The van der Waals surface area contributed by atoms with Crippen molar-refractivity contribution < 1.29 is 4.79 Å². The minimum Gasteiger partial charge on any atom is -0.355 e. The van der Waals surface area contributed by atoms with E-state index in [-0.39, 0.29) is 35.3 Å². The lowest BCUT2D eigenvalue weighted by Gasteiger charge is -2.31. The first-order valence-electron chi connectivity index (χ1n) is 9.30. The molecule has 2 saturated carbocycles. The molecule has 3 rings (SSSR count). The number of nitrogens with one attached hydrogen (secondary N) is 2. The van der Waals surface area contributed by atoms with E-state index in [1.165, 1.54) is 5.56 Å². The molecular formula is C20H31IN4O. The first-order chi connectivity index (χ1) is 12.1. The Morgan fingerprint density at radius 2 is 1.88 bits per heavy atom. The SMILES string of the molecule is CN=C(NCC1(C(=O)N(C)C)CCCC1)NC1CC1c1ccccc1.I. The van der Waals surface area contributed by atoms with Crippen molar-refractivity contribution in [3.8, 4) is 0 Å². The average Bonchev–Trinajstić information content (AvgIpc) is 3.24. The molecule has 0 bridgehead atoms. The van der Waals surface area contributed by atoms with Gasteiger partial charge in [0.15, 0.2) is 5.96 Å². The Hall–Kier alpha value is -1.31. The predicted octanol–water partition coefficient (Wildman–Crippen LogP) is 2.97. The van der Waals surface area contributed by atoms with Gasteiger partial charge in [-0.2, -0.15) is 0 Å². The fourth-order valence-corrected chi connectivity index (χ4v) is 4.04. The van der Waals surface area contributed by atoms with Crippen LogP contribution in [-0.2, 0) is 4.79 Å². The summed E-state index contributed by atoms with van der Waals surface area (Å²) in [7, 11) is 5.50. The Morgan fingerprint density at radius 1 is 1.23 bits per heavy atom. The molecule has 2 fully saturated rings. The molecule has 2 atom stereocenters. The first-order valence-corrected chi connectivity index (χ1v) is 9.30. The monoisotopic (exact) mass is 470 g/mol. The molecule has 0 aromatic heterocycles. The fraction of sp³-hybridized carbons (Fsp3) is 0.600. The largest absolute Gasteiger partial charge is 0.355 e. The van der Waals surface area contributed by atoms with Gasteiger partial charge in [0.1, 0.15) is 0 Å². The van der Waals surface area contributed by atoms with Gasteiger partial charge < -0.3 is 15.5 Å². The van der Waals surface area contributed by atoms with Gasteiger partial charge >= 0.3 is 0 Å². The molecule has 2 N–H and O–H groups in total. The van der Waals surface area contributed by atoms with E-state index in [0.717, 1.165) is 38.1 Å². The number of rotatable bonds is 5. The van der Waals surface area contributed by atoms with Crippen LogP contribution >= 0.6 is 24.0 Å². The predicted molar refractivity (Wildman–Crippen MR) is 117 cm³/mol. The Morgan fingerprint density at radius 3 is 2.46 bits per heavy atom. The summed E-state index contributed by atoms with van der Waals surface area (Å²) < 4.78 is 0. The number of carbonyl (C=O) groups excluding carboxylic acids is 1. The van der Waals surface area contributed by atoms with Crippen LogP contribution in [0.3, 0.4) is 0 Å². The Bertz CT molecular complexity index is 626. The van der Waals surface area contributed by atoms with Gasteiger partial charge in [-0.1, -0.05) is 43.2 Å². The summed E-state index contributed by atoms with van der Waals surface area (Å²) in [5, 5.41) is 6.94. The summed E-state index contributed by atoms with van der Waals surface area (Å²) >= 11 is 0. The van der Waals surface area contributed by atoms with E-state index in [0.29, 0.717) is 18.5 Å². The number of guanidine groups is 1. The van der Waals surface area contributed by atoms with E-state index >= 15 is 0 Å². The van der Waals surface area contributed by atoms with E-state index < -0.39 is 0 Å². The van der Waals surface area contributed by atoms with Gasteiger partial charge in [-0.15, -0.1) is 24.0 Å². The standard InChI is InChI=1S/C20H30N4O.HI/c1-21-19(23-17-13-16(17)15-9-5-4-6-10-15)22-14-20(11-7-8-12-20)18(25)24(2)3;/h4-6,9-10,16-17H,7-8,11-14H2,1-3H3,(H2,21,22,23);1H. The molecule has 0 radical (unpaired) electrons. The molecule has 2 aliphatic carbocycles. The second-order valence-electron chi connectivity index (χ2n) is 7.62. The van der Waals surface area contributed by atoms with Crippen molar-refractivity contribution in [2.24, 2.45) is 10.4 Å². The number of amides is 1. The maximum absolute atomic E-state index is 12.7. The third-order valence-corrected chi connectivity index (χ3v) is 5.58. The summed E-state index contributed by atoms with van der Waals surface area (Å²) in [6.45, 7) is 0.659. The fourth-order valence-electron chi connectivity index (χ4n) is 4.04. The van der Waals surface area contributed by atoms with Crippen LogP contribution in [0.2, 0.25) is 0 Å². The van der Waals surface area contributed by atoms with Crippen LogP contribution in [0.25, 0.3) is 0 Å². The van der Waals surface area contributed by atoms with E-state index in [1.807, 2.05) is 14.1 Å². The number of benzene rings is 1. The van der Waals surface area contributed by atoms with Crippen molar-refractivity contribution in [3.05, 3.63) is 35.9 Å². The van der Waals surface area contributed by atoms with Crippen LogP contribution in [0.1, 0.15) is 43.6 Å². The van der Waals surface area contributed by atoms with Crippen molar-refractivity contribution in [2.75, 3.05) is 27.7 Å². The second-order valence-corrected chi connectivity index (χ2v) is 7.62. The molecule has 2 aliphatic rings. The lowest BCUT2D eigenvalue weighted by atomic mass is 9.84. The molecule has 2 unspecified atom stereocenters. The molecule has 0 aliphatic heterocycles. The zero-order valence-corrected chi connectivity index (χ0v) is 18.3. The lowest BCUT2D eigenvalue weighted by molar-refractivity contribution is -0.138. The molecule has 5 nitrogen and oxygen atoms in total. The van der Waals surface area contributed by atoms with Gasteiger partial charge in [0.05, 0.1) is 5.41 Å². The Kier molecular flexibility index (Phi) is 7.32. The zero-order chi connectivity index (χ0) is 17.9. The maximum Gasteiger partial charge on any atom is 0.230 e. The third-order valence-electron chi connectivity index (χ3n) is 5.58. The highest BCUT2D eigenvalue weighted by molar-refractivity contribution is 14.0. The van der Waals surface area contributed by atoms with E-state index in [9.17, 15) is 4.79 Å². The number of hydrogen-bond donors (Lipinski definition) is 2. The van der Waals surface area contributed by atoms with Crippen LogP contribution in [0.5, 0.6) is 0 Å². The maximum atomic E-state index is 12.7.